The molecule has 0 amide bonds. The number of nitrogens with zero attached hydrogens (tertiary/aromatic N) is 1. The van der Waals surface area contributed by atoms with Gasteiger partial charge in [-0.3, -0.25) is 10.1 Å². The molecule has 98 valence electrons. The number of carbonyl (C=O) groups is 1. The van der Waals surface area contributed by atoms with Crippen LogP contribution in [0.4, 0.5) is 5.69 Å². The van der Waals surface area contributed by atoms with Crippen LogP contribution < -0.4 is 10.4 Å². The van der Waals surface area contributed by atoms with Crippen molar-refractivity contribution in [3.05, 3.63) is 39.9 Å². The van der Waals surface area contributed by atoms with Gasteiger partial charge in [-0.1, -0.05) is 0 Å². The average Bonchev–Trinajstić information content (AvgIpc) is 2.41. The summed E-state index contributed by atoms with van der Waals surface area (Å²) in [6.07, 6.45) is 0. The molecule has 0 radical (unpaired) electrons. The molecule has 1 aromatic rings. The summed E-state index contributed by atoms with van der Waals surface area (Å²) in [4.78, 5) is 19.7. The number of quaternary nitrogens is 1. The largest absolute Gasteiger partial charge is 0.545 e. The maximum atomic E-state index is 10.2. The third-order valence-electron chi connectivity index (χ3n) is 2.25. The van der Waals surface area contributed by atoms with Crippen molar-refractivity contribution in [3.63, 3.8) is 0 Å². The molecule has 2 rings (SSSR count). The molecule has 7 heteroatoms. The quantitative estimate of drug-likeness (QED) is 0.512. The summed E-state index contributed by atoms with van der Waals surface area (Å²) in [7, 11) is 0. The van der Waals surface area contributed by atoms with Gasteiger partial charge in [0.25, 0.3) is 5.69 Å². The Hall–Kier alpha value is -1.99. The second-order valence-corrected chi connectivity index (χ2v) is 3.57. The molecular weight excluding hydrogens is 240 g/mol. The fourth-order valence-corrected chi connectivity index (χ4v) is 1.30. The molecule has 18 heavy (non-hydrogen) atoms. The minimum Gasteiger partial charge on any atom is -0.545 e. The van der Waals surface area contributed by atoms with Crippen LogP contribution in [0.1, 0.15) is 10.4 Å². The number of non-ortho nitro benzene ring substituents is 1. The number of nitrogens with two attached hydrogens (primary N) is 1. The van der Waals surface area contributed by atoms with Gasteiger partial charge in [-0.15, -0.1) is 0 Å². The molecule has 0 aliphatic carbocycles. The first kappa shape index (κ1) is 14.1. The van der Waals surface area contributed by atoms with Crippen molar-refractivity contribution in [1.82, 2.24) is 0 Å². The highest BCUT2D eigenvalue weighted by Crippen LogP contribution is 2.10. The lowest BCUT2D eigenvalue weighted by atomic mass is 10.2. The van der Waals surface area contributed by atoms with E-state index < -0.39 is 10.9 Å². The molecule has 1 heterocycles. The summed E-state index contributed by atoms with van der Waals surface area (Å²) in [5.74, 6) is -1.34. The summed E-state index contributed by atoms with van der Waals surface area (Å²) in [5.41, 5.74) is -0.208. The van der Waals surface area contributed by atoms with E-state index in [1.54, 1.807) is 0 Å². The monoisotopic (exact) mass is 254 g/mol. The first-order valence-electron chi connectivity index (χ1n) is 5.46. The van der Waals surface area contributed by atoms with Crippen LogP contribution in [0.3, 0.4) is 0 Å². The third kappa shape index (κ3) is 4.89. The van der Waals surface area contributed by atoms with Crippen LogP contribution in [-0.4, -0.2) is 37.2 Å². The van der Waals surface area contributed by atoms with Gasteiger partial charge in [-0.05, 0) is 17.7 Å². The topological polar surface area (TPSA) is 109 Å². The number of carboxylic acids is 1. The Morgan fingerprint density at radius 2 is 1.78 bits per heavy atom. The van der Waals surface area contributed by atoms with Crippen molar-refractivity contribution >= 4 is 11.7 Å². The fraction of sp³-hybridized carbons (Fsp3) is 0.364. The number of morpholine rings is 1. The first-order chi connectivity index (χ1) is 8.61. The standard InChI is InChI=1S/C7H5NO4.C4H9NO/c9-7(10)5-1-3-6(4-2-5)8(11)12;1-3-6-4-2-5-1/h1-4H,(H,9,10);5H,1-4H2. The highest BCUT2D eigenvalue weighted by Gasteiger charge is 2.03. The number of hydrogen-bond acceptors (Lipinski definition) is 5. The van der Waals surface area contributed by atoms with Crippen LogP contribution in [0, 0.1) is 10.1 Å². The Balaban J connectivity index is 0.000000225. The summed E-state index contributed by atoms with van der Waals surface area (Å²) >= 11 is 0. The van der Waals surface area contributed by atoms with Crippen molar-refractivity contribution in [2.45, 2.75) is 0 Å². The average molecular weight is 254 g/mol. The van der Waals surface area contributed by atoms with Gasteiger partial charge in [0, 0.05) is 12.1 Å². The first-order valence-corrected chi connectivity index (χ1v) is 5.46. The van der Waals surface area contributed by atoms with Crippen molar-refractivity contribution in [2.24, 2.45) is 0 Å². The van der Waals surface area contributed by atoms with E-state index in [2.05, 4.69) is 5.32 Å². The highest BCUT2D eigenvalue weighted by atomic mass is 16.6. The van der Waals surface area contributed by atoms with Crippen LogP contribution in [0.25, 0.3) is 0 Å². The van der Waals surface area contributed by atoms with Gasteiger partial charge < -0.3 is 20.0 Å². The van der Waals surface area contributed by atoms with Crippen LogP contribution in [0.15, 0.2) is 24.3 Å². The normalized spacial score (nSPS) is 14.2. The number of rotatable bonds is 2. The Bertz CT molecular complexity index is 356. The van der Waals surface area contributed by atoms with Gasteiger partial charge in [-0.2, -0.15) is 0 Å². The summed E-state index contributed by atoms with van der Waals surface area (Å²) in [6.45, 7) is 4.19. The molecule has 0 saturated carbocycles. The smallest absolute Gasteiger partial charge is 0.269 e. The molecule has 1 aliphatic rings. The highest BCUT2D eigenvalue weighted by molar-refractivity contribution is 5.85. The number of nitro benzene ring substituents is 1. The minimum absolute atomic E-state index is 0.0689. The van der Waals surface area contributed by atoms with E-state index in [0.29, 0.717) is 0 Å². The van der Waals surface area contributed by atoms with Crippen molar-refractivity contribution in [2.75, 3.05) is 26.3 Å². The molecule has 7 nitrogen and oxygen atoms in total. The number of nitro groups is 1. The van der Waals surface area contributed by atoms with E-state index in [1.165, 1.54) is 0 Å². The molecule has 1 fully saturated rings. The van der Waals surface area contributed by atoms with Crippen molar-refractivity contribution < 1.29 is 24.9 Å². The lowest BCUT2D eigenvalue weighted by Gasteiger charge is -2.07. The van der Waals surface area contributed by atoms with E-state index >= 15 is 0 Å². The summed E-state index contributed by atoms with van der Waals surface area (Å²) in [5, 5.41) is 22.6. The Morgan fingerprint density at radius 3 is 2.06 bits per heavy atom. The molecule has 0 spiro atoms. The number of carbonyl (C=O) groups excluding carboxylic acids is 1. The van der Waals surface area contributed by atoms with Crippen LogP contribution >= 0.6 is 0 Å². The van der Waals surface area contributed by atoms with E-state index in [4.69, 9.17) is 4.74 Å². The van der Waals surface area contributed by atoms with Crippen molar-refractivity contribution in [3.8, 4) is 0 Å². The molecule has 2 N–H and O–H groups in total. The van der Waals surface area contributed by atoms with Gasteiger partial charge in [0.1, 0.15) is 0 Å². The lowest BCUT2D eigenvalue weighted by Crippen LogP contribution is -2.87. The van der Waals surface area contributed by atoms with E-state index in [-0.39, 0.29) is 11.3 Å². The van der Waals surface area contributed by atoms with Gasteiger partial charge in [0.15, 0.2) is 0 Å². The number of carboxylic acid groups (broad SMARTS) is 1. The fourth-order valence-electron chi connectivity index (χ4n) is 1.30. The Kier molecular flexibility index (Phi) is 5.75. The van der Waals surface area contributed by atoms with Crippen molar-refractivity contribution in [1.29, 1.82) is 0 Å². The lowest BCUT2D eigenvalue weighted by molar-refractivity contribution is -0.670. The number of hydrogen-bond donors (Lipinski definition) is 1. The molecule has 1 aliphatic heterocycles. The van der Waals surface area contributed by atoms with Crippen LogP contribution in [0.2, 0.25) is 0 Å². The molecule has 1 aromatic carbocycles. The number of benzene rings is 1. The number of ether oxygens (including phenoxy) is 1. The Labute approximate surface area is 104 Å². The molecule has 0 atom stereocenters. The predicted molar refractivity (Wildman–Crippen MR) is 59.9 cm³/mol. The molecule has 0 unspecified atom stereocenters. The maximum Gasteiger partial charge on any atom is 0.269 e. The van der Waals surface area contributed by atoms with Gasteiger partial charge in [-0.25, -0.2) is 0 Å². The van der Waals surface area contributed by atoms with E-state index in [9.17, 15) is 20.0 Å². The van der Waals surface area contributed by atoms with E-state index in [0.717, 1.165) is 50.6 Å². The molecule has 1 saturated heterocycles. The zero-order valence-corrected chi connectivity index (χ0v) is 9.70. The summed E-state index contributed by atoms with van der Waals surface area (Å²) in [6, 6.07) is 4.50. The second-order valence-electron chi connectivity index (χ2n) is 3.57. The zero-order chi connectivity index (χ0) is 13.4. The molecular formula is C11H14N2O5. The predicted octanol–water partition coefficient (Wildman–Crippen LogP) is -1.46. The third-order valence-corrected chi connectivity index (χ3v) is 2.25. The zero-order valence-electron chi connectivity index (χ0n) is 9.70. The number of aromatic carboxylic acids is 1. The van der Waals surface area contributed by atoms with Crippen LogP contribution in [0.5, 0.6) is 0 Å². The van der Waals surface area contributed by atoms with Gasteiger partial charge in [0.05, 0.1) is 37.2 Å². The SMILES string of the molecule is C1COCC[NH2+]1.O=C([O-])c1ccc([N+](=O)[O-])cc1. The minimum atomic E-state index is -1.34. The Morgan fingerprint density at radius 1 is 1.22 bits per heavy atom. The van der Waals surface area contributed by atoms with Crippen LogP contribution in [-0.2, 0) is 4.74 Å². The summed E-state index contributed by atoms with van der Waals surface area (Å²) < 4.78 is 5.04. The van der Waals surface area contributed by atoms with E-state index in [1.807, 2.05) is 0 Å². The molecule has 0 bridgehead atoms. The second kappa shape index (κ2) is 7.36. The maximum absolute atomic E-state index is 10.2. The molecule has 0 aromatic heterocycles. The van der Waals surface area contributed by atoms with Gasteiger partial charge in [0.2, 0.25) is 0 Å². The van der Waals surface area contributed by atoms with Gasteiger partial charge >= 0.3 is 0 Å².